The predicted molar refractivity (Wildman–Crippen MR) is 144 cm³/mol. The molecule has 3 fully saturated rings. The van der Waals surface area contributed by atoms with E-state index in [1.54, 1.807) is 6.07 Å². The first-order valence-corrected chi connectivity index (χ1v) is 13.5. The smallest absolute Gasteiger partial charge is 0.417 e. The molecule has 0 atom stereocenters. The van der Waals surface area contributed by atoms with Crippen molar-refractivity contribution >= 4 is 22.7 Å². The van der Waals surface area contributed by atoms with E-state index in [2.05, 4.69) is 33.2 Å². The molecule has 0 radical (unpaired) electrons. The Morgan fingerprint density at radius 2 is 1.82 bits per heavy atom. The molecule has 2 aromatic carbocycles. The van der Waals surface area contributed by atoms with Crippen LogP contribution in [0.4, 0.5) is 18.9 Å². The van der Waals surface area contributed by atoms with E-state index in [0.717, 1.165) is 72.9 Å². The fourth-order valence-corrected chi connectivity index (χ4v) is 5.29. The molecule has 1 saturated heterocycles. The van der Waals surface area contributed by atoms with Crippen LogP contribution in [0.25, 0.3) is 28.2 Å². The summed E-state index contributed by atoms with van der Waals surface area (Å²) in [7, 11) is 0. The molecular weight excluding hydrogens is 503 g/mol. The largest absolute Gasteiger partial charge is 0.490 e. The Morgan fingerprint density at radius 1 is 1.03 bits per heavy atom. The van der Waals surface area contributed by atoms with Gasteiger partial charge in [-0.05, 0) is 56.9 Å². The van der Waals surface area contributed by atoms with Gasteiger partial charge in [-0.3, -0.25) is 4.98 Å². The summed E-state index contributed by atoms with van der Waals surface area (Å²) in [5.74, 6) is 2.08. The molecule has 0 spiro atoms. The van der Waals surface area contributed by atoms with E-state index in [4.69, 9.17) is 9.26 Å². The quantitative estimate of drug-likeness (QED) is 0.244. The minimum atomic E-state index is -4.47. The number of ether oxygens (including phenoxy) is 1. The van der Waals surface area contributed by atoms with Crippen LogP contribution in [0.2, 0.25) is 0 Å². The van der Waals surface area contributed by atoms with E-state index in [0.29, 0.717) is 17.4 Å². The Balaban J connectivity index is 1.12. The van der Waals surface area contributed by atoms with Crippen molar-refractivity contribution < 1.29 is 22.4 Å². The highest BCUT2D eigenvalue weighted by atomic mass is 19.4. The van der Waals surface area contributed by atoms with Crippen LogP contribution in [0.1, 0.15) is 54.2 Å². The van der Waals surface area contributed by atoms with E-state index in [1.165, 1.54) is 12.1 Å². The molecule has 8 heteroatoms. The van der Waals surface area contributed by atoms with E-state index >= 15 is 0 Å². The van der Waals surface area contributed by atoms with Crippen LogP contribution in [0, 0.1) is 12.8 Å². The van der Waals surface area contributed by atoms with Crippen molar-refractivity contribution in [2.24, 2.45) is 5.92 Å². The summed E-state index contributed by atoms with van der Waals surface area (Å²) < 4.78 is 53.0. The van der Waals surface area contributed by atoms with Crippen LogP contribution >= 0.6 is 0 Å². The first-order chi connectivity index (χ1) is 18.8. The molecule has 5 nitrogen and oxygen atoms in total. The fourth-order valence-electron chi connectivity index (χ4n) is 5.29. The van der Waals surface area contributed by atoms with Crippen LogP contribution in [-0.4, -0.2) is 29.3 Å². The molecule has 0 unspecified atom stereocenters. The minimum absolute atomic E-state index is 0.0553. The number of fused-ring (bicyclic) bond motifs is 1. The third-order valence-corrected chi connectivity index (χ3v) is 7.70. The van der Waals surface area contributed by atoms with Crippen LogP contribution in [-0.2, 0) is 6.18 Å². The fraction of sp³-hybridized carbons (Fsp3) is 0.355. The predicted octanol–water partition coefficient (Wildman–Crippen LogP) is 7.79. The maximum Gasteiger partial charge on any atom is 0.417 e. The monoisotopic (exact) mass is 531 g/mol. The topological polar surface area (TPSA) is 51.4 Å². The van der Waals surface area contributed by atoms with Gasteiger partial charge in [-0.2, -0.15) is 13.2 Å². The van der Waals surface area contributed by atoms with Crippen molar-refractivity contribution in [2.75, 3.05) is 18.0 Å². The summed E-state index contributed by atoms with van der Waals surface area (Å²) >= 11 is 0. The summed E-state index contributed by atoms with van der Waals surface area (Å²) in [5, 5.41) is 5.14. The van der Waals surface area contributed by atoms with E-state index in [-0.39, 0.29) is 23.1 Å². The number of halogens is 3. The van der Waals surface area contributed by atoms with Gasteiger partial charge in [0, 0.05) is 58.9 Å². The number of rotatable bonds is 7. The van der Waals surface area contributed by atoms with Gasteiger partial charge in [0.1, 0.15) is 17.2 Å². The van der Waals surface area contributed by atoms with Crippen molar-refractivity contribution in [1.82, 2.24) is 10.1 Å². The molecule has 1 aliphatic heterocycles. The third kappa shape index (κ3) is 4.77. The van der Waals surface area contributed by atoms with Crippen molar-refractivity contribution in [2.45, 2.75) is 50.8 Å². The van der Waals surface area contributed by atoms with Gasteiger partial charge < -0.3 is 14.2 Å². The van der Waals surface area contributed by atoms with Crippen molar-refractivity contribution in [3.8, 4) is 17.0 Å². The summed E-state index contributed by atoms with van der Waals surface area (Å²) in [5.41, 5.74) is 3.27. The number of aromatic nitrogens is 2. The first-order valence-electron chi connectivity index (χ1n) is 13.5. The Kier molecular flexibility index (Phi) is 5.68. The van der Waals surface area contributed by atoms with Crippen molar-refractivity contribution in [3.05, 3.63) is 77.2 Å². The number of anilines is 1. The molecule has 0 amide bonds. The second kappa shape index (κ2) is 9.14. The summed E-state index contributed by atoms with van der Waals surface area (Å²) in [6.07, 6.45) is 3.98. The zero-order chi connectivity index (χ0) is 26.7. The molecule has 3 aliphatic rings. The van der Waals surface area contributed by atoms with Gasteiger partial charge in [-0.15, -0.1) is 0 Å². The highest BCUT2D eigenvalue weighted by Crippen LogP contribution is 2.46. The van der Waals surface area contributed by atoms with Crippen molar-refractivity contribution in [1.29, 1.82) is 0 Å². The van der Waals surface area contributed by atoms with Gasteiger partial charge in [0.15, 0.2) is 0 Å². The van der Waals surface area contributed by atoms with Gasteiger partial charge in [0.25, 0.3) is 0 Å². The molecule has 0 bridgehead atoms. The molecule has 200 valence electrons. The van der Waals surface area contributed by atoms with Crippen LogP contribution in [0.15, 0.2) is 59.1 Å². The highest BCUT2D eigenvalue weighted by Gasteiger charge is 2.37. The van der Waals surface area contributed by atoms with Gasteiger partial charge in [0.05, 0.1) is 17.2 Å². The number of nitrogens with zero attached hydrogens (tertiary/aromatic N) is 3. The zero-order valence-electron chi connectivity index (χ0n) is 21.5. The number of pyridine rings is 1. The number of hydrogen-bond donors (Lipinski definition) is 0. The van der Waals surface area contributed by atoms with Crippen LogP contribution in [0.3, 0.4) is 0 Å². The Morgan fingerprint density at radius 3 is 2.56 bits per heavy atom. The van der Waals surface area contributed by atoms with Gasteiger partial charge in [-0.1, -0.05) is 35.5 Å². The van der Waals surface area contributed by atoms with Gasteiger partial charge in [-0.25, -0.2) is 0 Å². The number of aryl methyl sites for hydroxylation is 1. The van der Waals surface area contributed by atoms with Crippen LogP contribution in [0.5, 0.6) is 5.75 Å². The van der Waals surface area contributed by atoms with E-state index in [1.807, 2.05) is 25.1 Å². The molecular formula is C31H28F3N3O2. The molecule has 2 aliphatic carbocycles. The normalized spacial score (nSPS) is 18.2. The number of benzene rings is 2. The maximum absolute atomic E-state index is 13.7. The highest BCUT2D eigenvalue weighted by molar-refractivity contribution is 5.88. The summed E-state index contributed by atoms with van der Waals surface area (Å²) in [4.78, 5) is 6.96. The number of hydrogen-bond acceptors (Lipinski definition) is 5. The van der Waals surface area contributed by atoms with Crippen molar-refractivity contribution in [3.63, 3.8) is 0 Å². The SMILES string of the molecule is Cc1cc(OC2CC2)c2cc(N3CC(/C=C/c4c(-c5ccccc5C(F)(F)F)noc4C4CC4)C3)ccc2n1. The Hall–Kier alpha value is -3.81. The molecule has 2 aromatic heterocycles. The van der Waals surface area contributed by atoms with E-state index < -0.39 is 11.7 Å². The average molecular weight is 532 g/mol. The standard InChI is InChI=1S/C31H28F3N3O2/c1-18-14-28(38-22-10-11-22)25-15-21(9-13-27(25)35-18)37-16-19(17-37)6-12-24-29(36-39-30(24)20-7-8-20)23-4-2-3-5-26(23)31(32,33)34/h2-6,9,12-15,19-20,22H,7-8,10-11,16-17H2,1H3/b12-6+. The second-order valence-electron chi connectivity index (χ2n) is 10.9. The Labute approximate surface area is 224 Å². The maximum atomic E-state index is 13.7. The minimum Gasteiger partial charge on any atom is -0.490 e. The molecule has 4 aromatic rings. The Bertz CT molecular complexity index is 1580. The van der Waals surface area contributed by atoms with Crippen LogP contribution < -0.4 is 9.64 Å². The van der Waals surface area contributed by atoms with Gasteiger partial charge in [0.2, 0.25) is 0 Å². The van der Waals surface area contributed by atoms with Gasteiger partial charge >= 0.3 is 6.18 Å². The lowest BCUT2D eigenvalue weighted by molar-refractivity contribution is -0.137. The molecule has 2 saturated carbocycles. The molecule has 7 rings (SSSR count). The summed E-state index contributed by atoms with van der Waals surface area (Å²) in [6, 6.07) is 13.9. The second-order valence-corrected chi connectivity index (χ2v) is 10.9. The lowest BCUT2D eigenvalue weighted by Gasteiger charge is -2.39. The summed E-state index contributed by atoms with van der Waals surface area (Å²) in [6.45, 7) is 3.62. The molecule has 3 heterocycles. The van der Waals surface area contributed by atoms with E-state index in [9.17, 15) is 13.2 Å². The lowest BCUT2D eigenvalue weighted by Crippen LogP contribution is -2.45. The lowest BCUT2D eigenvalue weighted by atomic mass is 9.95. The third-order valence-electron chi connectivity index (χ3n) is 7.70. The zero-order valence-corrected chi connectivity index (χ0v) is 21.5. The number of alkyl halides is 3. The average Bonchev–Trinajstić information content (AvgIpc) is 3.82. The molecule has 39 heavy (non-hydrogen) atoms. The molecule has 0 N–H and O–H groups in total. The first kappa shape index (κ1) is 24.2.